The Hall–Kier alpha value is -0.600. The van der Waals surface area contributed by atoms with Gasteiger partial charge in [-0.15, -0.1) is 0 Å². The van der Waals surface area contributed by atoms with Crippen LogP contribution in [0.5, 0.6) is 0 Å². The van der Waals surface area contributed by atoms with E-state index < -0.39 is 0 Å². The summed E-state index contributed by atoms with van der Waals surface area (Å²) in [5, 5.41) is 3.56. The van der Waals surface area contributed by atoms with Crippen LogP contribution in [-0.2, 0) is 0 Å². The molecule has 0 bridgehead atoms. The molecule has 1 fully saturated rings. The highest BCUT2D eigenvalue weighted by Gasteiger charge is 2.18. The van der Waals surface area contributed by atoms with Crippen molar-refractivity contribution in [2.45, 2.75) is 25.7 Å². The van der Waals surface area contributed by atoms with Crippen molar-refractivity contribution in [3.63, 3.8) is 0 Å². The maximum absolute atomic E-state index is 13.3. The molecule has 0 aliphatic carbocycles. The van der Waals surface area contributed by atoms with Gasteiger partial charge in [0.05, 0.1) is 5.02 Å². The lowest BCUT2D eigenvalue weighted by Crippen LogP contribution is -2.11. The average molecular weight is 242 g/mol. The monoisotopic (exact) mass is 241 g/mol. The lowest BCUT2D eigenvalue weighted by Gasteiger charge is -2.16. The summed E-state index contributed by atoms with van der Waals surface area (Å²) in [6.45, 7) is 4.37. The van der Waals surface area contributed by atoms with Gasteiger partial charge in [0.15, 0.2) is 0 Å². The molecule has 0 radical (unpaired) electrons. The van der Waals surface area contributed by atoms with Crippen LogP contribution >= 0.6 is 11.6 Å². The predicted octanol–water partition coefficient (Wildman–Crippen LogP) is 3.58. The van der Waals surface area contributed by atoms with Gasteiger partial charge in [0.25, 0.3) is 0 Å². The first-order valence-corrected chi connectivity index (χ1v) is 6.20. The quantitative estimate of drug-likeness (QED) is 0.853. The van der Waals surface area contributed by atoms with Crippen LogP contribution in [0, 0.1) is 11.7 Å². The summed E-state index contributed by atoms with van der Waals surface area (Å²) in [6.07, 6.45) is 2.36. The van der Waals surface area contributed by atoms with E-state index in [1.165, 1.54) is 6.42 Å². The molecule has 2 unspecified atom stereocenters. The Morgan fingerprint density at radius 2 is 2.38 bits per heavy atom. The fourth-order valence-corrected chi connectivity index (χ4v) is 2.49. The summed E-state index contributed by atoms with van der Waals surface area (Å²) in [5.74, 6) is 0.820. The van der Waals surface area contributed by atoms with Gasteiger partial charge in [0.2, 0.25) is 0 Å². The lowest BCUT2D eigenvalue weighted by atomic mass is 9.90. The van der Waals surface area contributed by atoms with Crippen LogP contribution in [0.2, 0.25) is 5.02 Å². The molecule has 16 heavy (non-hydrogen) atoms. The summed E-state index contributed by atoms with van der Waals surface area (Å²) in [7, 11) is 0. The van der Waals surface area contributed by atoms with Crippen LogP contribution in [0.15, 0.2) is 18.2 Å². The van der Waals surface area contributed by atoms with E-state index in [0.29, 0.717) is 5.92 Å². The largest absolute Gasteiger partial charge is 0.316 e. The van der Waals surface area contributed by atoms with E-state index in [0.717, 1.165) is 31.0 Å². The van der Waals surface area contributed by atoms with Crippen LogP contribution in [0.3, 0.4) is 0 Å². The molecule has 1 saturated heterocycles. The fraction of sp³-hybridized carbons (Fsp3) is 0.538. The molecule has 1 aromatic carbocycles. The highest BCUT2D eigenvalue weighted by atomic mass is 35.5. The predicted molar refractivity (Wildman–Crippen MR) is 65.4 cm³/mol. The molecule has 1 heterocycles. The van der Waals surface area contributed by atoms with Gasteiger partial charge in [-0.1, -0.05) is 24.6 Å². The first kappa shape index (κ1) is 11.9. The number of nitrogens with one attached hydrogen (secondary N) is 1. The van der Waals surface area contributed by atoms with Crippen molar-refractivity contribution in [3.05, 3.63) is 34.6 Å². The summed E-state index contributed by atoms with van der Waals surface area (Å²) >= 11 is 5.67. The van der Waals surface area contributed by atoms with E-state index in [-0.39, 0.29) is 10.8 Å². The summed E-state index contributed by atoms with van der Waals surface area (Å²) < 4.78 is 13.3. The molecule has 0 spiro atoms. The first-order valence-electron chi connectivity index (χ1n) is 5.82. The standard InChI is InChI=1S/C13H17ClFN/c1-9(6-10-4-5-16-8-10)11-2-3-12(14)13(15)7-11/h2-3,7,9-10,16H,4-6,8H2,1H3. The Morgan fingerprint density at radius 3 is 3.00 bits per heavy atom. The second-order valence-electron chi connectivity index (χ2n) is 4.67. The van der Waals surface area contributed by atoms with Crippen LogP contribution in [0.1, 0.15) is 31.2 Å². The van der Waals surface area contributed by atoms with Crippen molar-refractivity contribution >= 4 is 11.6 Å². The fourth-order valence-electron chi connectivity index (χ4n) is 2.37. The third kappa shape index (κ3) is 2.74. The van der Waals surface area contributed by atoms with Crippen LogP contribution in [0.25, 0.3) is 0 Å². The second kappa shape index (κ2) is 5.15. The maximum atomic E-state index is 13.3. The second-order valence-corrected chi connectivity index (χ2v) is 5.08. The minimum absolute atomic E-state index is 0.207. The molecule has 1 nitrogen and oxygen atoms in total. The minimum atomic E-state index is -0.310. The Balaban J connectivity index is 2.02. The summed E-state index contributed by atoms with van der Waals surface area (Å²) in [5.41, 5.74) is 1.05. The van der Waals surface area contributed by atoms with Crippen molar-refractivity contribution in [1.29, 1.82) is 0 Å². The topological polar surface area (TPSA) is 12.0 Å². The normalized spacial score (nSPS) is 22.3. The zero-order chi connectivity index (χ0) is 11.5. The molecular weight excluding hydrogens is 225 g/mol. The summed E-state index contributed by atoms with van der Waals surface area (Å²) in [6, 6.07) is 5.14. The Bertz CT molecular complexity index is 361. The van der Waals surface area contributed by atoms with E-state index in [2.05, 4.69) is 12.2 Å². The summed E-state index contributed by atoms with van der Waals surface area (Å²) in [4.78, 5) is 0. The molecule has 1 aromatic rings. The van der Waals surface area contributed by atoms with Crippen LogP contribution < -0.4 is 5.32 Å². The lowest BCUT2D eigenvalue weighted by molar-refractivity contribution is 0.482. The number of hydrogen-bond acceptors (Lipinski definition) is 1. The van der Waals surface area contributed by atoms with Gasteiger partial charge in [0, 0.05) is 0 Å². The van der Waals surface area contributed by atoms with Gasteiger partial charge in [-0.3, -0.25) is 0 Å². The zero-order valence-electron chi connectivity index (χ0n) is 9.47. The maximum Gasteiger partial charge on any atom is 0.142 e. The van der Waals surface area contributed by atoms with E-state index >= 15 is 0 Å². The number of benzene rings is 1. The van der Waals surface area contributed by atoms with Crippen molar-refractivity contribution in [2.24, 2.45) is 5.92 Å². The smallest absolute Gasteiger partial charge is 0.142 e. The Morgan fingerprint density at radius 1 is 1.56 bits per heavy atom. The average Bonchev–Trinajstić information content (AvgIpc) is 2.74. The van der Waals surface area contributed by atoms with E-state index in [1.54, 1.807) is 12.1 Å². The highest BCUT2D eigenvalue weighted by molar-refractivity contribution is 6.30. The highest BCUT2D eigenvalue weighted by Crippen LogP contribution is 2.28. The number of rotatable bonds is 3. The van der Waals surface area contributed by atoms with Gasteiger partial charge in [-0.05, 0) is 55.5 Å². The Labute approximate surface area is 101 Å². The van der Waals surface area contributed by atoms with Crippen molar-refractivity contribution in [3.8, 4) is 0 Å². The molecule has 2 atom stereocenters. The zero-order valence-corrected chi connectivity index (χ0v) is 10.2. The van der Waals surface area contributed by atoms with Gasteiger partial charge in [-0.25, -0.2) is 4.39 Å². The van der Waals surface area contributed by atoms with Crippen molar-refractivity contribution in [2.75, 3.05) is 13.1 Å². The van der Waals surface area contributed by atoms with Crippen molar-refractivity contribution < 1.29 is 4.39 Å². The molecule has 1 aliphatic heterocycles. The van der Waals surface area contributed by atoms with Gasteiger partial charge < -0.3 is 5.32 Å². The molecule has 3 heteroatoms. The molecule has 88 valence electrons. The van der Waals surface area contributed by atoms with Gasteiger partial charge in [-0.2, -0.15) is 0 Å². The Kier molecular flexibility index (Phi) is 3.82. The van der Waals surface area contributed by atoms with Crippen LogP contribution in [-0.4, -0.2) is 13.1 Å². The molecule has 0 saturated carbocycles. The van der Waals surface area contributed by atoms with E-state index in [9.17, 15) is 4.39 Å². The minimum Gasteiger partial charge on any atom is -0.316 e. The van der Waals surface area contributed by atoms with E-state index in [1.807, 2.05) is 6.07 Å². The molecule has 0 amide bonds. The third-order valence-electron chi connectivity index (χ3n) is 3.36. The van der Waals surface area contributed by atoms with Gasteiger partial charge in [0.1, 0.15) is 5.82 Å². The molecule has 0 aromatic heterocycles. The SMILES string of the molecule is CC(CC1CCNC1)c1ccc(Cl)c(F)c1. The molecule has 1 N–H and O–H groups in total. The van der Waals surface area contributed by atoms with E-state index in [4.69, 9.17) is 11.6 Å². The first-order chi connectivity index (χ1) is 7.66. The van der Waals surface area contributed by atoms with Crippen LogP contribution in [0.4, 0.5) is 4.39 Å². The molecular formula is C13H17ClFN. The van der Waals surface area contributed by atoms with Crippen molar-refractivity contribution in [1.82, 2.24) is 5.32 Å². The number of hydrogen-bond donors (Lipinski definition) is 1. The third-order valence-corrected chi connectivity index (χ3v) is 3.67. The molecule has 1 aliphatic rings. The molecule has 2 rings (SSSR count). The van der Waals surface area contributed by atoms with Gasteiger partial charge >= 0.3 is 0 Å². The number of halogens is 2.